The Kier molecular flexibility index (Phi) is 3.53. The number of esters is 1. The molecule has 4 aliphatic carbocycles. The summed E-state index contributed by atoms with van der Waals surface area (Å²) in [7, 11) is 0. The Labute approximate surface area is 165 Å². The van der Waals surface area contributed by atoms with Gasteiger partial charge in [0.25, 0.3) is 0 Å². The highest BCUT2D eigenvalue weighted by molar-refractivity contribution is 6.04. The molecule has 2 aliphatic heterocycles. The Morgan fingerprint density at radius 3 is 2.68 bits per heavy atom. The summed E-state index contributed by atoms with van der Waals surface area (Å²) in [5.41, 5.74) is -1.59. The van der Waals surface area contributed by atoms with Gasteiger partial charge in [-0.15, -0.1) is 0 Å². The van der Waals surface area contributed by atoms with Crippen molar-refractivity contribution in [3.05, 3.63) is 12.2 Å². The minimum atomic E-state index is -1.91. The van der Waals surface area contributed by atoms with E-state index in [9.17, 15) is 19.8 Å². The van der Waals surface area contributed by atoms with Crippen LogP contribution in [0.2, 0.25) is 0 Å². The van der Waals surface area contributed by atoms with Crippen molar-refractivity contribution in [3.63, 3.8) is 0 Å². The smallest absolute Gasteiger partial charge is 0.302 e. The lowest BCUT2D eigenvalue weighted by molar-refractivity contribution is -0.448. The van der Waals surface area contributed by atoms with Crippen LogP contribution in [-0.4, -0.2) is 46.6 Å². The molecule has 0 aromatic rings. The summed E-state index contributed by atoms with van der Waals surface area (Å²) in [6, 6.07) is 0. The Morgan fingerprint density at radius 1 is 1.29 bits per heavy atom. The lowest BCUT2D eigenvalue weighted by Crippen LogP contribution is -2.83. The third-order valence-electron chi connectivity index (χ3n) is 9.08. The van der Waals surface area contributed by atoms with Gasteiger partial charge in [0.1, 0.15) is 12.2 Å². The number of hydrogen-bond acceptors (Lipinski definition) is 6. The lowest BCUT2D eigenvalue weighted by atomic mass is 9.36. The van der Waals surface area contributed by atoms with E-state index in [2.05, 4.69) is 20.4 Å². The van der Waals surface area contributed by atoms with Gasteiger partial charge in [-0.1, -0.05) is 20.4 Å². The molecule has 6 heteroatoms. The van der Waals surface area contributed by atoms with Gasteiger partial charge in [-0.05, 0) is 54.9 Å². The fourth-order valence-corrected chi connectivity index (χ4v) is 8.16. The van der Waals surface area contributed by atoms with E-state index in [4.69, 9.17) is 9.47 Å². The van der Waals surface area contributed by atoms with Crippen LogP contribution in [0.25, 0.3) is 0 Å². The van der Waals surface area contributed by atoms with E-state index in [0.717, 1.165) is 19.3 Å². The summed E-state index contributed by atoms with van der Waals surface area (Å²) in [4.78, 5) is 25.4. The molecular weight excluding hydrogens is 360 g/mol. The van der Waals surface area contributed by atoms with Crippen LogP contribution < -0.4 is 0 Å². The Bertz CT molecular complexity index is 788. The van der Waals surface area contributed by atoms with Crippen LogP contribution in [0.1, 0.15) is 52.9 Å². The zero-order chi connectivity index (χ0) is 20.3. The van der Waals surface area contributed by atoms with Crippen LogP contribution in [-0.2, 0) is 19.1 Å². The molecule has 2 N–H and O–H groups in total. The van der Waals surface area contributed by atoms with E-state index in [1.54, 1.807) is 0 Å². The van der Waals surface area contributed by atoms with E-state index in [1.165, 1.54) is 6.92 Å². The van der Waals surface area contributed by atoms with Crippen LogP contribution in [0.5, 0.6) is 0 Å². The Morgan fingerprint density at radius 2 is 2.00 bits per heavy atom. The molecule has 0 radical (unpaired) electrons. The molecule has 4 saturated carbocycles. The standard InChI is InChI=1S/C22H30O6/c1-11-13-5-6-14-20-10-27-22(26,21(14,9-13)17(11)24)18(25)16(20)19(3,4)8-7-15(20)28-12(2)23/h13-16,18,25-26H,1,5-10H2,2-4H3/t13?,14-,15-,16+,18-,20+,21-,22?/m0/s1. The minimum Gasteiger partial charge on any atom is -0.462 e. The van der Waals surface area contributed by atoms with Crippen LogP contribution in [0.3, 0.4) is 0 Å². The third kappa shape index (κ3) is 1.77. The summed E-state index contributed by atoms with van der Waals surface area (Å²) >= 11 is 0. The van der Waals surface area contributed by atoms with Crippen LogP contribution in [0.15, 0.2) is 12.2 Å². The molecule has 4 bridgehead atoms. The topological polar surface area (TPSA) is 93.1 Å². The van der Waals surface area contributed by atoms with Gasteiger partial charge in [0.15, 0.2) is 5.78 Å². The molecule has 2 heterocycles. The number of hydrogen-bond donors (Lipinski definition) is 2. The summed E-state index contributed by atoms with van der Waals surface area (Å²) < 4.78 is 11.8. The Hall–Kier alpha value is -1.24. The van der Waals surface area contributed by atoms with Crippen molar-refractivity contribution in [2.24, 2.45) is 34.0 Å². The molecule has 0 aromatic carbocycles. The molecule has 2 unspecified atom stereocenters. The van der Waals surface area contributed by atoms with Crippen molar-refractivity contribution < 1.29 is 29.3 Å². The van der Waals surface area contributed by atoms with Crippen molar-refractivity contribution in [3.8, 4) is 0 Å². The van der Waals surface area contributed by atoms with Gasteiger partial charge < -0.3 is 19.7 Å². The molecule has 2 spiro atoms. The molecule has 0 amide bonds. The average molecular weight is 390 g/mol. The van der Waals surface area contributed by atoms with Crippen molar-refractivity contribution in [2.75, 3.05) is 6.61 Å². The predicted octanol–water partition coefficient (Wildman–Crippen LogP) is 1.98. The quantitative estimate of drug-likeness (QED) is 0.525. The number of ether oxygens (including phenoxy) is 2. The first-order chi connectivity index (χ1) is 13.0. The summed E-state index contributed by atoms with van der Waals surface area (Å²) in [5.74, 6) is -2.91. The van der Waals surface area contributed by atoms with Crippen molar-refractivity contribution >= 4 is 11.8 Å². The second-order valence-electron chi connectivity index (χ2n) is 10.5. The van der Waals surface area contributed by atoms with Gasteiger partial charge in [0, 0.05) is 18.3 Å². The summed E-state index contributed by atoms with van der Waals surface area (Å²) in [6.07, 6.45) is 1.85. The molecule has 28 heavy (non-hydrogen) atoms. The number of rotatable bonds is 1. The number of allylic oxidation sites excluding steroid dienone is 1. The molecular formula is C22H30O6. The molecule has 6 rings (SSSR count). The highest BCUT2D eigenvalue weighted by Crippen LogP contribution is 2.76. The first kappa shape index (κ1) is 18.8. The second kappa shape index (κ2) is 5.27. The summed E-state index contributed by atoms with van der Waals surface area (Å²) in [5, 5.41) is 23.2. The first-order valence-corrected chi connectivity index (χ1v) is 10.5. The SMILES string of the molecule is C=C1C(=O)[C@]23CC1CC[C@H]2[C@@]12COC3(O)[C@@H](O)[C@@H]1C(C)(C)CC[C@@H]2OC(C)=O. The fourth-order valence-electron chi connectivity index (χ4n) is 8.16. The van der Waals surface area contributed by atoms with Gasteiger partial charge in [-0.3, -0.25) is 9.59 Å². The maximum atomic E-state index is 13.5. The van der Waals surface area contributed by atoms with Gasteiger partial charge >= 0.3 is 5.97 Å². The monoisotopic (exact) mass is 390 g/mol. The van der Waals surface area contributed by atoms with Gasteiger partial charge in [-0.2, -0.15) is 0 Å². The van der Waals surface area contributed by atoms with Crippen molar-refractivity contribution in [1.82, 2.24) is 0 Å². The van der Waals surface area contributed by atoms with E-state index < -0.39 is 28.8 Å². The minimum absolute atomic E-state index is 0.0292. The number of ketones is 1. The van der Waals surface area contributed by atoms with Crippen molar-refractivity contribution in [2.45, 2.75) is 70.9 Å². The second-order valence-corrected chi connectivity index (χ2v) is 10.5. The molecule has 2 saturated heterocycles. The highest BCUT2D eigenvalue weighted by Gasteiger charge is 2.84. The third-order valence-corrected chi connectivity index (χ3v) is 9.08. The van der Waals surface area contributed by atoms with Gasteiger partial charge in [0.05, 0.1) is 12.0 Å². The number of aliphatic hydroxyl groups excluding tert-OH is 1. The van der Waals surface area contributed by atoms with E-state index in [1.807, 2.05) is 0 Å². The van der Waals surface area contributed by atoms with Gasteiger partial charge in [-0.25, -0.2) is 0 Å². The zero-order valence-electron chi connectivity index (χ0n) is 16.9. The van der Waals surface area contributed by atoms with E-state index >= 15 is 0 Å². The normalized spacial score (nSPS) is 53.5. The largest absolute Gasteiger partial charge is 0.462 e. The number of aliphatic hydroxyl groups is 2. The number of Topliss-reactive ketones (excluding diaryl/α,β-unsaturated/α-hetero) is 1. The molecule has 6 nitrogen and oxygen atoms in total. The summed E-state index contributed by atoms with van der Waals surface area (Å²) in [6.45, 7) is 9.82. The van der Waals surface area contributed by atoms with Crippen LogP contribution >= 0.6 is 0 Å². The van der Waals surface area contributed by atoms with E-state index in [0.29, 0.717) is 18.4 Å². The van der Waals surface area contributed by atoms with Gasteiger partial charge in [0.2, 0.25) is 5.79 Å². The fraction of sp³-hybridized carbons (Fsp3) is 0.818. The van der Waals surface area contributed by atoms with Crippen LogP contribution in [0.4, 0.5) is 0 Å². The van der Waals surface area contributed by atoms with E-state index in [-0.39, 0.29) is 41.5 Å². The number of fused-ring (bicyclic) bond motifs is 2. The average Bonchev–Trinajstić information content (AvgIpc) is 2.81. The zero-order valence-corrected chi connectivity index (χ0v) is 16.9. The first-order valence-electron chi connectivity index (χ1n) is 10.5. The molecule has 6 fully saturated rings. The number of carbonyl (C=O) groups excluding carboxylic acids is 2. The molecule has 8 atom stereocenters. The van der Waals surface area contributed by atoms with Crippen LogP contribution in [0, 0.1) is 34.0 Å². The maximum Gasteiger partial charge on any atom is 0.302 e. The Balaban J connectivity index is 1.76. The molecule has 0 aromatic heterocycles. The van der Waals surface area contributed by atoms with Crippen molar-refractivity contribution in [1.29, 1.82) is 0 Å². The molecule has 6 aliphatic rings. The maximum absolute atomic E-state index is 13.5. The lowest BCUT2D eigenvalue weighted by Gasteiger charge is -2.74. The predicted molar refractivity (Wildman–Crippen MR) is 98.8 cm³/mol. The molecule has 154 valence electrons. The highest BCUT2D eigenvalue weighted by atomic mass is 16.6. The number of carbonyl (C=O) groups is 2.